The molecule has 0 radical (unpaired) electrons. The molecule has 0 saturated carbocycles. The fourth-order valence-electron chi connectivity index (χ4n) is 5.51. The number of likely N-dealkylation sites (tertiary alicyclic amines) is 1. The molecular formula is C31H33ClN2O6. The molecule has 8 nitrogen and oxygen atoms in total. The predicted octanol–water partition coefficient (Wildman–Crippen LogP) is 5.63. The van der Waals surface area contributed by atoms with E-state index < -0.39 is 17.7 Å². The number of aliphatic hydroxyl groups is 1. The number of carboxylic acid groups (broad SMARTS) is 1. The zero-order valence-electron chi connectivity index (χ0n) is 22.9. The molecule has 2 unspecified atom stereocenters. The molecule has 210 valence electrons. The lowest BCUT2D eigenvalue weighted by Gasteiger charge is -2.45. The number of carbonyl (C=O) groups excluding carboxylic acids is 1. The van der Waals surface area contributed by atoms with Gasteiger partial charge in [-0.25, -0.2) is 4.79 Å². The summed E-state index contributed by atoms with van der Waals surface area (Å²) < 4.78 is 11.7. The number of hydrogen-bond acceptors (Lipinski definition) is 5. The van der Waals surface area contributed by atoms with Gasteiger partial charge in [0.2, 0.25) is 5.91 Å². The molecule has 1 fully saturated rings. The van der Waals surface area contributed by atoms with E-state index in [1.807, 2.05) is 74.5 Å². The number of benzene rings is 3. The smallest absolute Gasteiger partial charge is 0.407 e. The van der Waals surface area contributed by atoms with Crippen molar-refractivity contribution in [1.29, 1.82) is 0 Å². The highest BCUT2D eigenvalue weighted by atomic mass is 35.5. The molecule has 2 aliphatic heterocycles. The predicted molar refractivity (Wildman–Crippen MR) is 152 cm³/mol. The summed E-state index contributed by atoms with van der Waals surface area (Å²) in [5.74, 6) is 0.885. The average molecular weight is 565 g/mol. The van der Waals surface area contributed by atoms with Crippen molar-refractivity contribution in [2.24, 2.45) is 5.92 Å². The maximum Gasteiger partial charge on any atom is 0.407 e. The maximum absolute atomic E-state index is 13.7. The van der Waals surface area contributed by atoms with Crippen molar-refractivity contribution in [1.82, 2.24) is 4.90 Å². The van der Waals surface area contributed by atoms with Crippen LogP contribution in [-0.4, -0.2) is 53.4 Å². The summed E-state index contributed by atoms with van der Waals surface area (Å²) in [5.41, 5.74) is 2.81. The molecule has 2 N–H and O–H groups in total. The Morgan fingerprint density at radius 3 is 2.27 bits per heavy atom. The Kier molecular flexibility index (Phi) is 7.42. The van der Waals surface area contributed by atoms with Gasteiger partial charge in [0.1, 0.15) is 0 Å². The summed E-state index contributed by atoms with van der Waals surface area (Å²) in [7, 11) is 1.59. The van der Waals surface area contributed by atoms with E-state index in [0.717, 1.165) is 16.7 Å². The number of hydrogen-bond donors (Lipinski definition) is 2. The van der Waals surface area contributed by atoms with Crippen molar-refractivity contribution >= 4 is 29.3 Å². The van der Waals surface area contributed by atoms with Crippen molar-refractivity contribution in [2.75, 3.05) is 25.1 Å². The minimum atomic E-state index is -1.21. The number of nitrogens with zero attached hydrogens (tertiary/aromatic N) is 2. The number of fused-ring (bicyclic) bond motifs is 1. The lowest BCUT2D eigenvalue weighted by atomic mass is 9.78. The third-order valence-corrected chi connectivity index (χ3v) is 8.07. The molecule has 2 atom stereocenters. The van der Waals surface area contributed by atoms with Gasteiger partial charge in [-0.2, -0.15) is 0 Å². The summed E-state index contributed by atoms with van der Waals surface area (Å²) >= 11 is 6.21. The van der Waals surface area contributed by atoms with Gasteiger partial charge >= 0.3 is 6.09 Å². The molecule has 0 bridgehead atoms. The van der Waals surface area contributed by atoms with E-state index in [9.17, 15) is 19.8 Å². The van der Waals surface area contributed by atoms with E-state index in [1.165, 1.54) is 4.90 Å². The quantitative estimate of drug-likeness (QED) is 0.386. The highest BCUT2D eigenvalue weighted by Gasteiger charge is 2.44. The summed E-state index contributed by atoms with van der Waals surface area (Å²) in [5, 5.41) is 21.0. The lowest BCUT2D eigenvalue weighted by molar-refractivity contribution is -0.118. The van der Waals surface area contributed by atoms with E-state index in [0.29, 0.717) is 27.8 Å². The number of methoxy groups -OCH3 is 1. The molecule has 2 aliphatic rings. The first-order chi connectivity index (χ1) is 19.0. The van der Waals surface area contributed by atoms with Crippen LogP contribution < -0.4 is 14.4 Å². The first-order valence-electron chi connectivity index (χ1n) is 13.2. The second-order valence-electron chi connectivity index (χ2n) is 10.8. The van der Waals surface area contributed by atoms with Crippen LogP contribution in [0.2, 0.25) is 5.02 Å². The summed E-state index contributed by atoms with van der Waals surface area (Å²) in [4.78, 5) is 28.0. The number of carbonyl (C=O) groups is 2. The number of halogens is 1. The Labute approximate surface area is 238 Å². The van der Waals surface area contributed by atoms with Gasteiger partial charge in [-0.05, 0) is 79.4 Å². The first-order valence-corrected chi connectivity index (χ1v) is 13.6. The van der Waals surface area contributed by atoms with E-state index in [4.69, 9.17) is 21.1 Å². The van der Waals surface area contributed by atoms with Crippen molar-refractivity contribution < 1.29 is 29.3 Å². The first kappa shape index (κ1) is 27.8. The zero-order valence-corrected chi connectivity index (χ0v) is 23.7. The van der Waals surface area contributed by atoms with Gasteiger partial charge in [0.15, 0.2) is 11.5 Å². The Hall–Kier alpha value is -3.75. The normalized spacial score (nSPS) is 18.7. The summed E-state index contributed by atoms with van der Waals surface area (Å²) in [6.07, 6.45) is -0.871. The highest BCUT2D eigenvalue weighted by molar-refractivity contribution is 6.30. The van der Waals surface area contributed by atoms with Crippen LogP contribution in [-0.2, 0) is 16.8 Å². The largest absolute Gasteiger partial charge is 0.493 e. The Bertz CT molecular complexity index is 1410. The lowest BCUT2D eigenvalue weighted by Crippen LogP contribution is -2.57. The Morgan fingerprint density at radius 2 is 1.70 bits per heavy atom. The second kappa shape index (κ2) is 10.7. The molecule has 40 heavy (non-hydrogen) atoms. The standard InChI is InChI=1S/C31H33ClN2O6/c1-18(2)40-27-15-25-20(13-26(27)39-4)14-28(35)34(29(25)19-5-9-23(32)10-6-19)24-11-7-21(8-12-24)31(3,38)22-16-33(17-22)30(36)37/h5-13,15,18,22,29,38H,14,16-17H2,1-4H3,(H,36,37). The van der Waals surface area contributed by atoms with Gasteiger partial charge in [-0.1, -0.05) is 35.9 Å². The number of anilines is 1. The highest BCUT2D eigenvalue weighted by Crippen LogP contribution is 2.44. The van der Waals surface area contributed by atoms with Crippen LogP contribution in [0.5, 0.6) is 11.5 Å². The monoisotopic (exact) mass is 564 g/mol. The van der Waals surface area contributed by atoms with Crippen molar-refractivity contribution in [2.45, 2.75) is 44.9 Å². The molecular weight excluding hydrogens is 532 g/mol. The number of rotatable bonds is 7. The molecule has 0 aromatic heterocycles. The van der Waals surface area contributed by atoms with Crippen LogP contribution in [0.25, 0.3) is 0 Å². The third kappa shape index (κ3) is 5.09. The fraction of sp³-hybridized carbons (Fsp3) is 0.355. The topological polar surface area (TPSA) is 99.5 Å². The average Bonchev–Trinajstić information content (AvgIpc) is 2.87. The summed E-state index contributed by atoms with van der Waals surface area (Å²) in [6, 6.07) is 18.1. The minimum absolute atomic E-state index is 0.0687. The summed E-state index contributed by atoms with van der Waals surface area (Å²) in [6.45, 7) is 6.15. The number of ether oxygens (including phenoxy) is 2. The van der Waals surface area contributed by atoms with Crippen LogP contribution >= 0.6 is 11.6 Å². The Balaban J connectivity index is 1.55. The third-order valence-electron chi connectivity index (χ3n) is 7.81. The fourth-order valence-corrected chi connectivity index (χ4v) is 5.64. The molecule has 5 rings (SSSR count). The van der Waals surface area contributed by atoms with Crippen LogP contribution in [0, 0.1) is 5.92 Å². The van der Waals surface area contributed by atoms with Gasteiger partial charge in [0.05, 0.1) is 31.3 Å². The zero-order chi connectivity index (χ0) is 28.8. The van der Waals surface area contributed by atoms with Crippen LogP contribution in [0.4, 0.5) is 10.5 Å². The van der Waals surface area contributed by atoms with Crippen LogP contribution in [0.1, 0.15) is 49.1 Å². The Morgan fingerprint density at radius 1 is 1.05 bits per heavy atom. The van der Waals surface area contributed by atoms with Gasteiger partial charge in [-0.15, -0.1) is 0 Å². The molecule has 0 aliphatic carbocycles. The maximum atomic E-state index is 13.7. The van der Waals surface area contributed by atoms with Crippen molar-refractivity contribution in [3.63, 3.8) is 0 Å². The van der Waals surface area contributed by atoms with E-state index in [1.54, 1.807) is 18.9 Å². The van der Waals surface area contributed by atoms with Gasteiger partial charge in [0, 0.05) is 29.7 Å². The van der Waals surface area contributed by atoms with Gasteiger partial charge in [0.25, 0.3) is 0 Å². The molecule has 2 amide bonds. The number of amides is 2. The molecule has 9 heteroatoms. The van der Waals surface area contributed by atoms with Crippen molar-refractivity contribution in [3.8, 4) is 11.5 Å². The molecule has 2 heterocycles. The molecule has 0 spiro atoms. The minimum Gasteiger partial charge on any atom is -0.493 e. The molecule has 3 aromatic rings. The van der Waals surface area contributed by atoms with Gasteiger partial charge in [-0.3, -0.25) is 4.79 Å². The van der Waals surface area contributed by atoms with E-state index in [2.05, 4.69) is 0 Å². The molecule has 3 aromatic carbocycles. The second-order valence-corrected chi connectivity index (χ2v) is 11.3. The van der Waals surface area contributed by atoms with Crippen LogP contribution in [0.3, 0.4) is 0 Å². The van der Waals surface area contributed by atoms with E-state index in [-0.39, 0.29) is 37.4 Å². The SMILES string of the molecule is COc1cc2c(cc1OC(C)C)C(c1ccc(Cl)cc1)N(c1ccc(C(C)(O)C3CN(C(=O)O)C3)cc1)C(=O)C2. The van der Waals surface area contributed by atoms with Gasteiger partial charge < -0.3 is 29.5 Å². The molecule has 1 saturated heterocycles. The van der Waals surface area contributed by atoms with Crippen molar-refractivity contribution in [3.05, 3.63) is 87.9 Å². The van der Waals surface area contributed by atoms with E-state index >= 15 is 0 Å². The van der Waals surface area contributed by atoms with Crippen LogP contribution in [0.15, 0.2) is 60.7 Å².